The molecule has 1 aliphatic rings. The maximum absolute atomic E-state index is 12.7. The minimum absolute atomic E-state index is 0.00763. The standard InChI is InChI=1S/C24H31Cl2N5O2/c1-15-12-20(13-16(2)28-15)30-24(33)27-8-11-31-9-6-19(7-10-31)29-23(32)17(3)18-4-5-21(25)22(26)14-18/h4-5,12-14,17,19H,6-11H2,1-3H3,(H,29,32)(H2,27,28,30,33). The van der Waals surface area contributed by atoms with E-state index in [0.717, 1.165) is 55.1 Å². The van der Waals surface area contributed by atoms with Crippen molar-refractivity contribution in [1.29, 1.82) is 0 Å². The molecule has 3 rings (SSSR count). The Balaban J connectivity index is 1.36. The third kappa shape index (κ3) is 7.59. The number of aryl methyl sites for hydroxylation is 2. The lowest BCUT2D eigenvalue weighted by atomic mass is 9.98. The molecule has 2 aromatic rings. The van der Waals surface area contributed by atoms with Crippen molar-refractivity contribution in [2.75, 3.05) is 31.5 Å². The molecule has 0 spiro atoms. The van der Waals surface area contributed by atoms with Gasteiger partial charge >= 0.3 is 6.03 Å². The van der Waals surface area contributed by atoms with E-state index >= 15 is 0 Å². The van der Waals surface area contributed by atoms with Crippen LogP contribution < -0.4 is 16.0 Å². The second kappa shape index (κ2) is 11.7. The molecule has 3 amide bonds. The van der Waals surface area contributed by atoms with E-state index in [1.807, 2.05) is 39.0 Å². The first-order valence-corrected chi connectivity index (χ1v) is 11.9. The molecule has 1 aromatic heterocycles. The highest BCUT2D eigenvalue weighted by atomic mass is 35.5. The van der Waals surface area contributed by atoms with Crippen LogP contribution in [0.25, 0.3) is 0 Å². The molecule has 1 aliphatic heterocycles. The first kappa shape index (κ1) is 25.3. The Morgan fingerprint density at radius 1 is 1.09 bits per heavy atom. The summed E-state index contributed by atoms with van der Waals surface area (Å²) >= 11 is 12.1. The smallest absolute Gasteiger partial charge is 0.319 e. The fourth-order valence-corrected chi connectivity index (χ4v) is 4.28. The van der Waals surface area contributed by atoms with Crippen LogP contribution in [0.3, 0.4) is 0 Å². The molecule has 33 heavy (non-hydrogen) atoms. The number of carbonyl (C=O) groups excluding carboxylic acids is 2. The minimum atomic E-state index is -0.298. The molecule has 9 heteroatoms. The molecular weight excluding hydrogens is 461 g/mol. The number of rotatable bonds is 7. The highest BCUT2D eigenvalue weighted by molar-refractivity contribution is 6.42. The van der Waals surface area contributed by atoms with Gasteiger partial charge in [-0.25, -0.2) is 4.79 Å². The molecule has 2 heterocycles. The van der Waals surface area contributed by atoms with Gasteiger partial charge in [0.1, 0.15) is 0 Å². The van der Waals surface area contributed by atoms with Crippen molar-refractivity contribution in [3.05, 3.63) is 57.3 Å². The Bertz CT molecular complexity index is 973. The van der Waals surface area contributed by atoms with Crippen molar-refractivity contribution in [1.82, 2.24) is 20.5 Å². The van der Waals surface area contributed by atoms with Gasteiger partial charge in [-0.15, -0.1) is 0 Å². The molecular formula is C24H31Cl2N5O2. The fourth-order valence-electron chi connectivity index (χ4n) is 3.97. The first-order valence-electron chi connectivity index (χ1n) is 11.2. The van der Waals surface area contributed by atoms with Crippen LogP contribution in [-0.4, -0.2) is 54.0 Å². The second-order valence-corrected chi connectivity index (χ2v) is 9.35. The van der Waals surface area contributed by atoms with Gasteiger partial charge in [-0.1, -0.05) is 29.3 Å². The summed E-state index contributed by atoms with van der Waals surface area (Å²) in [5.41, 5.74) is 3.32. The molecule has 3 N–H and O–H groups in total. The number of hydrogen-bond acceptors (Lipinski definition) is 4. The van der Waals surface area contributed by atoms with Crippen molar-refractivity contribution in [3.63, 3.8) is 0 Å². The molecule has 1 aromatic carbocycles. The summed E-state index contributed by atoms with van der Waals surface area (Å²) in [7, 11) is 0. The molecule has 1 saturated heterocycles. The van der Waals surface area contributed by atoms with Gasteiger partial charge in [-0.05, 0) is 63.4 Å². The summed E-state index contributed by atoms with van der Waals surface area (Å²) in [6, 6.07) is 8.90. The number of nitrogens with zero attached hydrogens (tertiary/aromatic N) is 2. The fraction of sp³-hybridized carbons (Fsp3) is 0.458. The Hall–Kier alpha value is -2.35. The highest BCUT2D eigenvalue weighted by Gasteiger charge is 2.23. The third-order valence-electron chi connectivity index (χ3n) is 5.82. The van der Waals surface area contributed by atoms with E-state index in [1.54, 1.807) is 12.1 Å². The topological polar surface area (TPSA) is 86.4 Å². The van der Waals surface area contributed by atoms with E-state index in [1.165, 1.54) is 0 Å². The lowest BCUT2D eigenvalue weighted by Gasteiger charge is -2.32. The third-order valence-corrected chi connectivity index (χ3v) is 6.56. The predicted molar refractivity (Wildman–Crippen MR) is 133 cm³/mol. The zero-order valence-corrected chi connectivity index (χ0v) is 20.8. The number of aromatic nitrogens is 1. The molecule has 7 nitrogen and oxygen atoms in total. The van der Waals surface area contributed by atoms with E-state index in [0.29, 0.717) is 16.6 Å². The number of carbonyl (C=O) groups is 2. The number of likely N-dealkylation sites (tertiary alicyclic amines) is 1. The molecule has 178 valence electrons. The normalized spacial score (nSPS) is 15.7. The van der Waals surface area contributed by atoms with Gasteiger partial charge in [0.25, 0.3) is 0 Å². The number of piperidine rings is 1. The van der Waals surface area contributed by atoms with Crippen LogP contribution in [0.15, 0.2) is 30.3 Å². The van der Waals surface area contributed by atoms with E-state index in [-0.39, 0.29) is 23.9 Å². The van der Waals surface area contributed by atoms with Crippen LogP contribution in [-0.2, 0) is 4.79 Å². The van der Waals surface area contributed by atoms with Gasteiger partial charge in [0.2, 0.25) is 5.91 Å². The lowest BCUT2D eigenvalue weighted by Crippen LogP contribution is -2.47. The van der Waals surface area contributed by atoms with Crippen molar-refractivity contribution < 1.29 is 9.59 Å². The molecule has 0 aliphatic carbocycles. The average Bonchev–Trinajstić information content (AvgIpc) is 2.75. The Morgan fingerprint density at radius 2 is 1.76 bits per heavy atom. The van der Waals surface area contributed by atoms with Gasteiger partial charge < -0.3 is 20.9 Å². The summed E-state index contributed by atoms with van der Waals surface area (Å²) in [4.78, 5) is 31.4. The molecule has 1 atom stereocenters. The number of benzene rings is 1. The minimum Gasteiger partial charge on any atom is -0.353 e. The van der Waals surface area contributed by atoms with Gasteiger partial charge in [0.05, 0.1) is 16.0 Å². The SMILES string of the molecule is Cc1cc(NC(=O)NCCN2CCC(NC(=O)C(C)c3ccc(Cl)c(Cl)c3)CC2)cc(C)n1. The first-order chi connectivity index (χ1) is 15.7. The maximum atomic E-state index is 12.7. The summed E-state index contributed by atoms with van der Waals surface area (Å²) in [6.45, 7) is 8.74. The van der Waals surface area contributed by atoms with E-state index in [2.05, 4.69) is 25.8 Å². The number of halogens is 2. The molecule has 0 bridgehead atoms. The molecule has 1 fully saturated rings. The van der Waals surface area contributed by atoms with Crippen LogP contribution in [0.2, 0.25) is 10.0 Å². The number of pyridine rings is 1. The maximum Gasteiger partial charge on any atom is 0.319 e. The van der Waals surface area contributed by atoms with Gasteiger partial charge in [0, 0.05) is 49.3 Å². The van der Waals surface area contributed by atoms with Crippen LogP contribution >= 0.6 is 23.2 Å². The van der Waals surface area contributed by atoms with Crippen LogP contribution in [0.1, 0.15) is 42.6 Å². The summed E-state index contributed by atoms with van der Waals surface area (Å²) < 4.78 is 0. The molecule has 0 radical (unpaired) electrons. The molecule has 1 unspecified atom stereocenters. The number of amides is 3. The van der Waals surface area contributed by atoms with Crippen LogP contribution in [0.5, 0.6) is 0 Å². The summed E-state index contributed by atoms with van der Waals surface area (Å²) in [5, 5.41) is 9.84. The second-order valence-electron chi connectivity index (χ2n) is 8.54. The van der Waals surface area contributed by atoms with Crippen molar-refractivity contribution in [3.8, 4) is 0 Å². The highest BCUT2D eigenvalue weighted by Crippen LogP contribution is 2.26. The monoisotopic (exact) mass is 491 g/mol. The van der Waals surface area contributed by atoms with E-state index < -0.39 is 0 Å². The number of hydrogen-bond donors (Lipinski definition) is 3. The zero-order valence-electron chi connectivity index (χ0n) is 19.3. The Morgan fingerprint density at radius 3 is 2.39 bits per heavy atom. The van der Waals surface area contributed by atoms with Crippen LogP contribution in [0, 0.1) is 13.8 Å². The zero-order chi connectivity index (χ0) is 24.0. The van der Waals surface area contributed by atoms with Gasteiger partial charge in [-0.3, -0.25) is 9.78 Å². The number of nitrogens with one attached hydrogen (secondary N) is 3. The summed E-state index contributed by atoms with van der Waals surface area (Å²) in [6.07, 6.45) is 1.75. The number of anilines is 1. The quantitative estimate of drug-likeness (QED) is 0.531. The lowest BCUT2D eigenvalue weighted by molar-refractivity contribution is -0.123. The van der Waals surface area contributed by atoms with Gasteiger partial charge in [-0.2, -0.15) is 0 Å². The van der Waals surface area contributed by atoms with E-state index in [4.69, 9.17) is 23.2 Å². The van der Waals surface area contributed by atoms with Crippen molar-refractivity contribution in [2.24, 2.45) is 0 Å². The summed E-state index contributed by atoms with van der Waals surface area (Å²) in [5.74, 6) is -0.305. The Kier molecular flexibility index (Phi) is 8.95. The Labute approximate surface area is 205 Å². The van der Waals surface area contributed by atoms with Gasteiger partial charge in [0.15, 0.2) is 0 Å². The number of urea groups is 1. The van der Waals surface area contributed by atoms with Crippen LogP contribution in [0.4, 0.5) is 10.5 Å². The van der Waals surface area contributed by atoms with Crippen molar-refractivity contribution >= 4 is 40.8 Å². The van der Waals surface area contributed by atoms with E-state index in [9.17, 15) is 9.59 Å². The molecule has 0 saturated carbocycles. The predicted octanol–water partition coefficient (Wildman–Crippen LogP) is 4.51. The van der Waals surface area contributed by atoms with Crippen molar-refractivity contribution in [2.45, 2.75) is 45.6 Å². The largest absolute Gasteiger partial charge is 0.353 e. The average molecular weight is 492 g/mol.